The first-order valence-electron chi connectivity index (χ1n) is 6.24. The topological polar surface area (TPSA) is 57.6 Å². The van der Waals surface area contributed by atoms with E-state index >= 15 is 0 Å². The molecule has 96 valence electrons. The number of amides is 1. The van der Waals surface area contributed by atoms with Gasteiger partial charge in [-0.3, -0.25) is 9.59 Å². The smallest absolute Gasteiger partial charge is 0.308 e. The highest BCUT2D eigenvalue weighted by Crippen LogP contribution is 2.31. The fraction of sp³-hybridized carbons (Fsp3) is 0.833. The van der Waals surface area contributed by atoms with Gasteiger partial charge in [0.25, 0.3) is 0 Å². The molecular weight excluding hydrogens is 238 g/mol. The van der Waals surface area contributed by atoms with Crippen LogP contribution in [0.25, 0.3) is 0 Å². The monoisotopic (exact) mass is 257 g/mol. The van der Waals surface area contributed by atoms with Crippen molar-refractivity contribution in [1.82, 2.24) is 4.90 Å². The molecule has 5 heteroatoms. The number of likely N-dealkylation sites (tertiary alicyclic amines) is 1. The van der Waals surface area contributed by atoms with E-state index in [9.17, 15) is 9.59 Å². The molecule has 2 fully saturated rings. The van der Waals surface area contributed by atoms with E-state index in [1.165, 1.54) is 0 Å². The molecule has 0 spiro atoms. The molecule has 1 N–H and O–H groups in total. The molecule has 2 saturated heterocycles. The third kappa shape index (κ3) is 2.76. The van der Waals surface area contributed by atoms with Crippen molar-refractivity contribution in [2.45, 2.75) is 43.9 Å². The fourth-order valence-electron chi connectivity index (χ4n) is 2.57. The number of carbonyl (C=O) groups excluding carboxylic acids is 1. The van der Waals surface area contributed by atoms with Crippen LogP contribution in [0.2, 0.25) is 0 Å². The second-order valence-electron chi connectivity index (χ2n) is 4.95. The molecule has 2 aliphatic heterocycles. The van der Waals surface area contributed by atoms with Gasteiger partial charge in [-0.2, -0.15) is 0 Å². The Morgan fingerprint density at radius 3 is 2.65 bits per heavy atom. The van der Waals surface area contributed by atoms with Crippen molar-refractivity contribution in [1.29, 1.82) is 0 Å². The second-order valence-corrected chi connectivity index (χ2v) is 6.26. The summed E-state index contributed by atoms with van der Waals surface area (Å²) in [5, 5.41) is 9.12. The van der Waals surface area contributed by atoms with Crippen molar-refractivity contribution in [2.24, 2.45) is 5.92 Å². The predicted molar refractivity (Wildman–Crippen MR) is 67.0 cm³/mol. The molecule has 2 aliphatic rings. The minimum atomic E-state index is -0.770. The number of hydrogen-bond acceptors (Lipinski definition) is 3. The molecule has 0 saturated carbocycles. The molecule has 2 heterocycles. The SMILES string of the molecule is CC1CCC(C(=O)O)CN1C(=O)C1CCCS1. The van der Waals surface area contributed by atoms with Crippen LogP contribution in [0, 0.1) is 5.92 Å². The number of piperidine rings is 1. The standard InChI is InChI=1S/C12H19NO3S/c1-8-4-5-9(12(15)16)7-13(8)11(14)10-3-2-6-17-10/h8-10H,2-7H2,1H3,(H,15,16). The Kier molecular flexibility index (Phi) is 3.97. The van der Waals surface area contributed by atoms with Gasteiger partial charge in [-0.25, -0.2) is 0 Å². The van der Waals surface area contributed by atoms with E-state index in [4.69, 9.17) is 5.11 Å². The average Bonchev–Trinajstić information content (AvgIpc) is 2.81. The summed E-state index contributed by atoms with van der Waals surface area (Å²) < 4.78 is 0. The van der Waals surface area contributed by atoms with Crippen molar-refractivity contribution in [3.8, 4) is 0 Å². The third-order valence-electron chi connectivity index (χ3n) is 3.72. The Morgan fingerprint density at radius 1 is 1.29 bits per heavy atom. The molecule has 0 radical (unpaired) electrons. The maximum absolute atomic E-state index is 12.3. The molecule has 1 amide bonds. The predicted octanol–water partition coefficient (Wildman–Crippen LogP) is 1.59. The van der Waals surface area contributed by atoms with Gasteiger partial charge in [-0.1, -0.05) is 0 Å². The van der Waals surface area contributed by atoms with Gasteiger partial charge in [-0.15, -0.1) is 11.8 Å². The van der Waals surface area contributed by atoms with Crippen LogP contribution in [0.1, 0.15) is 32.6 Å². The number of thioether (sulfide) groups is 1. The number of carboxylic acid groups (broad SMARTS) is 1. The minimum Gasteiger partial charge on any atom is -0.481 e. The second kappa shape index (κ2) is 5.29. The largest absolute Gasteiger partial charge is 0.481 e. The van der Waals surface area contributed by atoms with Crippen molar-refractivity contribution < 1.29 is 14.7 Å². The van der Waals surface area contributed by atoms with E-state index in [1.54, 1.807) is 16.7 Å². The molecule has 0 aromatic rings. The summed E-state index contributed by atoms with van der Waals surface area (Å²) in [5.74, 6) is 0.0716. The summed E-state index contributed by atoms with van der Waals surface area (Å²) in [6, 6.07) is 0.194. The Balaban J connectivity index is 2.01. The summed E-state index contributed by atoms with van der Waals surface area (Å²) in [5.41, 5.74) is 0. The molecule has 0 aromatic carbocycles. The summed E-state index contributed by atoms with van der Waals surface area (Å²) in [6.45, 7) is 2.42. The lowest BCUT2D eigenvalue weighted by Crippen LogP contribution is -2.49. The minimum absolute atomic E-state index is 0.0741. The van der Waals surface area contributed by atoms with Crippen LogP contribution in [0.4, 0.5) is 0 Å². The highest BCUT2D eigenvalue weighted by molar-refractivity contribution is 8.00. The van der Waals surface area contributed by atoms with Crippen LogP contribution in [0.15, 0.2) is 0 Å². The van der Waals surface area contributed by atoms with Crippen LogP contribution in [-0.4, -0.2) is 45.5 Å². The first kappa shape index (κ1) is 12.7. The Hall–Kier alpha value is -0.710. The van der Waals surface area contributed by atoms with Gasteiger partial charge in [-0.05, 0) is 38.4 Å². The zero-order valence-corrected chi connectivity index (χ0v) is 10.9. The van der Waals surface area contributed by atoms with Gasteiger partial charge in [0.05, 0.1) is 11.2 Å². The average molecular weight is 257 g/mol. The van der Waals surface area contributed by atoms with Crippen molar-refractivity contribution in [3.63, 3.8) is 0 Å². The van der Waals surface area contributed by atoms with E-state index in [-0.39, 0.29) is 23.1 Å². The Morgan fingerprint density at radius 2 is 2.06 bits per heavy atom. The van der Waals surface area contributed by atoms with Crippen molar-refractivity contribution in [3.05, 3.63) is 0 Å². The molecule has 3 atom stereocenters. The fourth-order valence-corrected chi connectivity index (χ4v) is 3.80. The van der Waals surface area contributed by atoms with Crippen LogP contribution < -0.4 is 0 Å². The number of carboxylic acids is 1. The molecule has 0 bridgehead atoms. The van der Waals surface area contributed by atoms with Crippen molar-refractivity contribution in [2.75, 3.05) is 12.3 Å². The van der Waals surface area contributed by atoms with Gasteiger partial charge in [0.1, 0.15) is 0 Å². The molecular formula is C12H19NO3S. The molecule has 0 aromatic heterocycles. The van der Waals surface area contributed by atoms with E-state index in [0.29, 0.717) is 13.0 Å². The van der Waals surface area contributed by atoms with Crippen LogP contribution in [-0.2, 0) is 9.59 Å². The van der Waals surface area contributed by atoms with Gasteiger partial charge >= 0.3 is 5.97 Å². The highest BCUT2D eigenvalue weighted by atomic mass is 32.2. The van der Waals surface area contributed by atoms with Crippen LogP contribution in [0.3, 0.4) is 0 Å². The molecule has 3 unspecified atom stereocenters. The van der Waals surface area contributed by atoms with Gasteiger partial charge in [0.2, 0.25) is 5.91 Å². The normalized spacial score (nSPS) is 33.7. The summed E-state index contributed by atoms with van der Waals surface area (Å²) in [4.78, 5) is 25.1. The quantitative estimate of drug-likeness (QED) is 0.816. The highest BCUT2D eigenvalue weighted by Gasteiger charge is 2.36. The Bertz CT molecular complexity index is 315. The number of aliphatic carboxylic acids is 1. The first-order chi connectivity index (χ1) is 8.09. The molecule has 2 rings (SSSR count). The lowest BCUT2D eigenvalue weighted by atomic mass is 9.93. The van der Waals surface area contributed by atoms with Gasteiger partial charge < -0.3 is 10.0 Å². The van der Waals surface area contributed by atoms with Crippen LogP contribution in [0.5, 0.6) is 0 Å². The maximum atomic E-state index is 12.3. The maximum Gasteiger partial charge on any atom is 0.308 e. The number of hydrogen-bond donors (Lipinski definition) is 1. The summed E-state index contributed by atoms with van der Waals surface area (Å²) >= 11 is 1.72. The lowest BCUT2D eigenvalue weighted by Gasteiger charge is -2.37. The zero-order valence-electron chi connectivity index (χ0n) is 10.1. The van der Waals surface area contributed by atoms with E-state index < -0.39 is 5.97 Å². The number of carbonyl (C=O) groups is 2. The Labute approximate surface area is 106 Å². The number of nitrogens with zero attached hydrogens (tertiary/aromatic N) is 1. The number of rotatable bonds is 2. The summed E-state index contributed by atoms with van der Waals surface area (Å²) in [7, 11) is 0. The van der Waals surface area contributed by atoms with E-state index in [0.717, 1.165) is 25.0 Å². The van der Waals surface area contributed by atoms with Crippen molar-refractivity contribution >= 4 is 23.6 Å². The molecule has 17 heavy (non-hydrogen) atoms. The van der Waals surface area contributed by atoms with Gasteiger partial charge in [0, 0.05) is 12.6 Å². The molecule has 4 nitrogen and oxygen atoms in total. The van der Waals surface area contributed by atoms with Crippen LogP contribution >= 0.6 is 11.8 Å². The van der Waals surface area contributed by atoms with Gasteiger partial charge in [0.15, 0.2) is 0 Å². The summed E-state index contributed by atoms with van der Waals surface area (Å²) in [6.07, 6.45) is 3.55. The zero-order chi connectivity index (χ0) is 12.4. The van der Waals surface area contributed by atoms with E-state index in [2.05, 4.69) is 0 Å². The lowest BCUT2D eigenvalue weighted by molar-refractivity contribution is -0.147. The van der Waals surface area contributed by atoms with E-state index in [1.807, 2.05) is 6.92 Å². The third-order valence-corrected chi connectivity index (χ3v) is 5.08. The molecule has 0 aliphatic carbocycles. The first-order valence-corrected chi connectivity index (χ1v) is 7.29.